The van der Waals surface area contributed by atoms with Crippen LogP contribution in [0.5, 0.6) is 0 Å². The summed E-state index contributed by atoms with van der Waals surface area (Å²) in [6.07, 6.45) is 1.09. The Hall–Kier alpha value is -2.59. The fraction of sp³-hybridized carbons (Fsp3) is 0.211. The second kappa shape index (κ2) is 6.26. The van der Waals surface area contributed by atoms with Crippen molar-refractivity contribution in [2.75, 3.05) is 6.61 Å². The number of fused-ring (bicyclic) bond motifs is 1. The largest absolute Gasteiger partial charge is 0.460 e. The lowest BCUT2D eigenvalue weighted by Crippen LogP contribution is -2.03. The quantitative estimate of drug-likeness (QED) is 0.729. The molecule has 0 spiro atoms. The molecule has 1 heterocycles. The number of esters is 1. The van der Waals surface area contributed by atoms with Crippen molar-refractivity contribution in [3.05, 3.63) is 60.1 Å². The molecule has 3 rings (SSSR count). The minimum absolute atomic E-state index is 0.234. The van der Waals surface area contributed by atoms with E-state index in [0.717, 1.165) is 27.5 Å². The van der Waals surface area contributed by atoms with Gasteiger partial charge in [-0.15, -0.1) is 0 Å². The Labute approximate surface area is 134 Å². The van der Waals surface area contributed by atoms with Crippen molar-refractivity contribution in [3.63, 3.8) is 0 Å². The van der Waals surface area contributed by atoms with Crippen LogP contribution < -0.4 is 0 Å². The highest BCUT2D eigenvalue weighted by molar-refractivity contribution is 6.03. The molecule has 1 aromatic heterocycles. The van der Waals surface area contributed by atoms with Crippen molar-refractivity contribution in [3.8, 4) is 11.1 Å². The van der Waals surface area contributed by atoms with Gasteiger partial charge in [0, 0.05) is 10.8 Å². The summed E-state index contributed by atoms with van der Waals surface area (Å²) in [5, 5.41) is 11.2. The first-order valence-electron chi connectivity index (χ1n) is 7.57. The van der Waals surface area contributed by atoms with E-state index in [1.165, 1.54) is 0 Å². The molecule has 3 aromatic rings. The fourth-order valence-electron chi connectivity index (χ4n) is 2.54. The van der Waals surface area contributed by atoms with Gasteiger partial charge in [0.1, 0.15) is 0 Å². The first-order chi connectivity index (χ1) is 11.1. The van der Waals surface area contributed by atoms with E-state index in [2.05, 4.69) is 0 Å². The predicted molar refractivity (Wildman–Crippen MR) is 88.2 cm³/mol. The fourth-order valence-corrected chi connectivity index (χ4v) is 2.54. The molecule has 0 radical (unpaired) electrons. The van der Waals surface area contributed by atoms with Gasteiger partial charge in [-0.2, -0.15) is 0 Å². The normalized spacial score (nSPS) is 12.3. The van der Waals surface area contributed by atoms with Gasteiger partial charge in [-0.25, -0.2) is 4.79 Å². The Morgan fingerprint density at radius 3 is 2.52 bits per heavy atom. The molecule has 4 nitrogen and oxygen atoms in total. The van der Waals surface area contributed by atoms with Crippen molar-refractivity contribution in [2.24, 2.45) is 0 Å². The Balaban J connectivity index is 1.96. The summed E-state index contributed by atoms with van der Waals surface area (Å²) in [7, 11) is 0. The summed E-state index contributed by atoms with van der Waals surface area (Å²) < 4.78 is 10.4. The molecular formula is C19H18O4. The number of aliphatic hydroxyl groups is 1. The SMILES string of the molecule is CCOC(=O)c1occ2cc(-c3ccc(C(C)O)cc3)ccc12. The van der Waals surface area contributed by atoms with Gasteiger partial charge >= 0.3 is 5.97 Å². The number of aliphatic hydroxyl groups excluding tert-OH is 1. The monoisotopic (exact) mass is 310 g/mol. The Morgan fingerprint density at radius 1 is 1.17 bits per heavy atom. The summed E-state index contributed by atoms with van der Waals surface area (Å²) >= 11 is 0. The average Bonchev–Trinajstić information content (AvgIpc) is 2.98. The molecule has 118 valence electrons. The van der Waals surface area contributed by atoms with Gasteiger partial charge in [0.25, 0.3) is 0 Å². The number of hydrogen-bond donors (Lipinski definition) is 1. The summed E-state index contributed by atoms with van der Waals surface area (Å²) in [5.74, 6) is -0.214. The molecule has 1 atom stereocenters. The summed E-state index contributed by atoms with van der Waals surface area (Å²) in [4.78, 5) is 11.8. The van der Waals surface area contributed by atoms with E-state index in [0.29, 0.717) is 6.61 Å². The molecule has 0 aliphatic heterocycles. The van der Waals surface area contributed by atoms with Gasteiger partial charge in [-0.3, -0.25) is 0 Å². The highest BCUT2D eigenvalue weighted by Crippen LogP contribution is 2.29. The van der Waals surface area contributed by atoms with Gasteiger partial charge in [0.05, 0.1) is 19.0 Å². The third-order valence-electron chi connectivity index (χ3n) is 3.79. The molecule has 4 heteroatoms. The molecule has 0 bridgehead atoms. The van der Waals surface area contributed by atoms with Crippen LogP contribution in [0.4, 0.5) is 0 Å². The van der Waals surface area contributed by atoms with Crippen LogP contribution in [0.3, 0.4) is 0 Å². The van der Waals surface area contributed by atoms with Crippen molar-refractivity contribution in [1.82, 2.24) is 0 Å². The molecule has 0 saturated heterocycles. The van der Waals surface area contributed by atoms with Gasteiger partial charge in [-0.1, -0.05) is 30.3 Å². The smallest absolute Gasteiger partial charge is 0.374 e. The van der Waals surface area contributed by atoms with Crippen LogP contribution in [0.25, 0.3) is 21.9 Å². The lowest BCUT2D eigenvalue weighted by atomic mass is 10.0. The summed E-state index contributed by atoms with van der Waals surface area (Å²) in [6.45, 7) is 3.82. The lowest BCUT2D eigenvalue weighted by Gasteiger charge is -2.07. The number of furan rings is 1. The van der Waals surface area contributed by atoms with E-state index >= 15 is 0 Å². The molecule has 0 amide bonds. The molecule has 2 aromatic carbocycles. The second-order valence-corrected chi connectivity index (χ2v) is 5.39. The molecule has 0 fully saturated rings. The van der Waals surface area contributed by atoms with E-state index < -0.39 is 12.1 Å². The average molecular weight is 310 g/mol. The molecule has 23 heavy (non-hydrogen) atoms. The van der Waals surface area contributed by atoms with Crippen LogP contribution in [-0.4, -0.2) is 17.7 Å². The second-order valence-electron chi connectivity index (χ2n) is 5.39. The molecule has 0 saturated carbocycles. The number of carbonyl (C=O) groups is 1. The van der Waals surface area contributed by atoms with Crippen LogP contribution in [0, 0.1) is 0 Å². The van der Waals surface area contributed by atoms with Crippen LogP contribution in [0.15, 0.2) is 53.1 Å². The Morgan fingerprint density at radius 2 is 1.87 bits per heavy atom. The van der Waals surface area contributed by atoms with Crippen molar-refractivity contribution >= 4 is 16.7 Å². The summed E-state index contributed by atoms with van der Waals surface area (Å²) in [5.41, 5.74) is 2.93. The molecule has 1 unspecified atom stereocenters. The first-order valence-corrected chi connectivity index (χ1v) is 7.57. The minimum atomic E-state index is -0.479. The van der Waals surface area contributed by atoms with Crippen LogP contribution in [0.1, 0.15) is 36.1 Å². The topological polar surface area (TPSA) is 59.7 Å². The number of carbonyl (C=O) groups excluding carboxylic acids is 1. The Bertz CT molecular complexity index is 828. The van der Waals surface area contributed by atoms with E-state index in [4.69, 9.17) is 9.15 Å². The van der Waals surface area contributed by atoms with Crippen LogP contribution in [-0.2, 0) is 4.74 Å². The van der Waals surface area contributed by atoms with E-state index in [9.17, 15) is 9.90 Å². The van der Waals surface area contributed by atoms with Gasteiger partial charge in [-0.05, 0) is 42.7 Å². The first kappa shape index (κ1) is 15.3. The third-order valence-corrected chi connectivity index (χ3v) is 3.79. The van der Waals surface area contributed by atoms with E-state index in [-0.39, 0.29) is 5.76 Å². The van der Waals surface area contributed by atoms with Gasteiger partial charge in [0.15, 0.2) is 0 Å². The number of hydrogen-bond acceptors (Lipinski definition) is 4. The van der Waals surface area contributed by atoms with Crippen molar-refractivity contribution < 1.29 is 19.1 Å². The highest BCUT2D eigenvalue weighted by Gasteiger charge is 2.16. The number of rotatable bonds is 4. The zero-order valence-electron chi connectivity index (χ0n) is 13.1. The zero-order chi connectivity index (χ0) is 16.4. The van der Waals surface area contributed by atoms with Crippen molar-refractivity contribution in [1.29, 1.82) is 0 Å². The molecular weight excluding hydrogens is 292 g/mol. The van der Waals surface area contributed by atoms with Crippen LogP contribution in [0.2, 0.25) is 0 Å². The maximum Gasteiger partial charge on any atom is 0.374 e. The van der Waals surface area contributed by atoms with Crippen LogP contribution >= 0.6 is 0 Å². The van der Waals surface area contributed by atoms with E-state index in [1.54, 1.807) is 20.1 Å². The molecule has 0 aliphatic rings. The van der Waals surface area contributed by atoms with Gasteiger partial charge in [0.2, 0.25) is 5.76 Å². The maximum atomic E-state index is 11.8. The number of ether oxygens (including phenoxy) is 1. The standard InChI is InChI=1S/C19H18O4/c1-3-22-19(21)18-17-9-8-15(10-16(17)11-23-18)14-6-4-13(5-7-14)12(2)20/h4-12,20H,3H2,1-2H3. The zero-order valence-corrected chi connectivity index (χ0v) is 13.1. The maximum absolute atomic E-state index is 11.8. The van der Waals surface area contributed by atoms with Crippen molar-refractivity contribution in [2.45, 2.75) is 20.0 Å². The van der Waals surface area contributed by atoms with E-state index in [1.807, 2.05) is 42.5 Å². The third kappa shape index (κ3) is 2.98. The highest BCUT2D eigenvalue weighted by atomic mass is 16.5. The molecule has 0 aliphatic carbocycles. The molecule has 1 N–H and O–H groups in total. The lowest BCUT2D eigenvalue weighted by molar-refractivity contribution is 0.0493. The number of benzene rings is 2. The minimum Gasteiger partial charge on any atom is -0.460 e. The summed E-state index contributed by atoms with van der Waals surface area (Å²) in [6, 6.07) is 13.5. The Kier molecular flexibility index (Phi) is 4.17. The van der Waals surface area contributed by atoms with Gasteiger partial charge < -0.3 is 14.3 Å². The predicted octanol–water partition coefficient (Wildman–Crippen LogP) is 4.33.